The highest BCUT2D eigenvalue weighted by molar-refractivity contribution is 5.94. The summed E-state index contributed by atoms with van der Waals surface area (Å²) in [5.74, 6) is -1.92. The highest BCUT2D eigenvalue weighted by atomic mass is 16.4. The number of carboxylic acids is 1. The van der Waals surface area contributed by atoms with E-state index in [2.05, 4.69) is 10.7 Å². The Balaban J connectivity index is 1.95. The van der Waals surface area contributed by atoms with Crippen molar-refractivity contribution in [3.8, 4) is 5.69 Å². The van der Waals surface area contributed by atoms with E-state index < -0.39 is 29.7 Å². The van der Waals surface area contributed by atoms with Gasteiger partial charge in [-0.05, 0) is 23.8 Å². The number of hydrogen-bond acceptors (Lipinski definition) is 8. The molecule has 13 nitrogen and oxygen atoms in total. The number of anilines is 2. The lowest BCUT2D eigenvalue weighted by atomic mass is 10.1. The topological polar surface area (TPSA) is 202 Å². The molecular formula is C23H26N8O5. The van der Waals surface area contributed by atoms with E-state index in [0.717, 1.165) is 14.7 Å². The van der Waals surface area contributed by atoms with Gasteiger partial charge < -0.3 is 27.3 Å². The van der Waals surface area contributed by atoms with Crippen molar-refractivity contribution in [3.63, 3.8) is 0 Å². The smallest absolute Gasteiger partial charge is 0.336 e. The second kappa shape index (κ2) is 10.6. The summed E-state index contributed by atoms with van der Waals surface area (Å²) in [5.41, 5.74) is 13.7. The number of benzene rings is 2. The first kappa shape index (κ1) is 25.7. The molecule has 1 aromatic heterocycles. The molecular weight excluding hydrogens is 468 g/mol. The van der Waals surface area contributed by atoms with Crippen molar-refractivity contribution in [1.82, 2.24) is 19.5 Å². The second-order valence-corrected chi connectivity index (χ2v) is 8.10. The lowest BCUT2D eigenvalue weighted by molar-refractivity contribution is -0.121. The molecule has 0 aliphatic carbocycles. The highest BCUT2D eigenvalue weighted by Gasteiger charge is 2.17. The zero-order chi connectivity index (χ0) is 26.6. The third kappa shape index (κ3) is 5.95. The summed E-state index contributed by atoms with van der Waals surface area (Å²) < 4.78 is 1.79. The van der Waals surface area contributed by atoms with Gasteiger partial charge in [-0.1, -0.05) is 24.3 Å². The number of hydrazine groups is 1. The fraction of sp³-hybridized carbons (Fsp3) is 0.174. The van der Waals surface area contributed by atoms with Crippen LogP contribution in [0.15, 0.2) is 58.3 Å². The lowest BCUT2D eigenvalue weighted by Crippen LogP contribution is -2.44. The molecule has 0 radical (unpaired) electrons. The summed E-state index contributed by atoms with van der Waals surface area (Å²) in [6, 6.07) is 10.5. The maximum absolute atomic E-state index is 13.2. The summed E-state index contributed by atoms with van der Waals surface area (Å²) in [6.07, 6.45) is 1.22. The summed E-state index contributed by atoms with van der Waals surface area (Å²) in [7, 11) is 3.26. The average Bonchev–Trinajstić information content (AvgIpc) is 2.81. The Morgan fingerprint density at radius 1 is 1.08 bits per heavy atom. The van der Waals surface area contributed by atoms with E-state index in [1.807, 2.05) is 0 Å². The van der Waals surface area contributed by atoms with Crippen LogP contribution in [0.3, 0.4) is 0 Å². The van der Waals surface area contributed by atoms with E-state index in [9.17, 15) is 24.3 Å². The molecule has 0 saturated carbocycles. The maximum atomic E-state index is 13.2. The third-order valence-electron chi connectivity index (χ3n) is 5.04. The molecule has 8 N–H and O–H groups in total. The molecule has 0 atom stereocenters. The van der Waals surface area contributed by atoms with Crippen molar-refractivity contribution >= 4 is 29.1 Å². The molecule has 3 rings (SSSR count). The minimum atomic E-state index is -1.24. The van der Waals surface area contributed by atoms with E-state index in [1.54, 1.807) is 38.4 Å². The van der Waals surface area contributed by atoms with Crippen LogP contribution >= 0.6 is 0 Å². The number of carbonyl (C=O) groups excluding carboxylic acids is 1. The Morgan fingerprint density at radius 2 is 1.75 bits per heavy atom. The molecule has 0 fully saturated rings. The molecule has 0 saturated heterocycles. The van der Waals surface area contributed by atoms with Crippen LogP contribution in [0, 0.1) is 5.41 Å². The fourth-order valence-corrected chi connectivity index (χ4v) is 3.34. The molecule has 2 aromatic carbocycles. The number of carbonyl (C=O) groups is 2. The number of nitrogen functional groups attached to an aromatic ring is 2. The van der Waals surface area contributed by atoms with E-state index in [-0.39, 0.29) is 35.0 Å². The van der Waals surface area contributed by atoms with E-state index in [1.165, 1.54) is 29.4 Å². The van der Waals surface area contributed by atoms with Gasteiger partial charge in [-0.2, -0.15) is 0 Å². The van der Waals surface area contributed by atoms with Gasteiger partial charge in [-0.25, -0.2) is 19.2 Å². The number of nitrogens with one attached hydrogen (secondary N) is 3. The Hall–Kier alpha value is -4.91. The summed E-state index contributed by atoms with van der Waals surface area (Å²) >= 11 is 0. The van der Waals surface area contributed by atoms with Crippen molar-refractivity contribution in [3.05, 3.63) is 86.2 Å². The van der Waals surface area contributed by atoms with Crippen LogP contribution in [-0.4, -0.2) is 51.1 Å². The molecule has 0 aliphatic heterocycles. The molecule has 1 heterocycles. The number of rotatable bonds is 9. The van der Waals surface area contributed by atoms with Gasteiger partial charge in [-0.3, -0.25) is 19.6 Å². The Labute approximate surface area is 205 Å². The van der Waals surface area contributed by atoms with Crippen LogP contribution in [0.5, 0.6) is 0 Å². The third-order valence-corrected chi connectivity index (χ3v) is 5.04. The van der Waals surface area contributed by atoms with Gasteiger partial charge in [0.25, 0.3) is 5.56 Å². The van der Waals surface area contributed by atoms with Gasteiger partial charge in [0.1, 0.15) is 18.1 Å². The largest absolute Gasteiger partial charge is 0.478 e. The van der Waals surface area contributed by atoms with Gasteiger partial charge in [0.05, 0.1) is 11.3 Å². The number of amidine groups is 1. The van der Waals surface area contributed by atoms with Gasteiger partial charge in [-0.15, -0.1) is 0 Å². The number of nitrogens with two attached hydrogens (primary N) is 2. The van der Waals surface area contributed by atoms with Crippen molar-refractivity contribution in [2.45, 2.75) is 13.1 Å². The normalized spacial score (nSPS) is 10.8. The molecule has 0 spiro atoms. The van der Waals surface area contributed by atoms with Crippen LogP contribution in [-0.2, 0) is 17.9 Å². The molecule has 3 aromatic rings. The SMILES string of the molecule is CN(C)Nc1cn(-c2cc(N)cc(C(=O)O)c2)c(=O)n(CC(=O)NCc2ccc(C(=N)N)cc2)c1=O. The number of nitrogens with zero attached hydrogens (tertiary/aromatic N) is 3. The van der Waals surface area contributed by atoms with Crippen molar-refractivity contribution < 1.29 is 14.7 Å². The van der Waals surface area contributed by atoms with Crippen LogP contribution in [0.4, 0.5) is 11.4 Å². The van der Waals surface area contributed by atoms with Crippen molar-refractivity contribution in [2.75, 3.05) is 25.3 Å². The first-order chi connectivity index (χ1) is 17.0. The highest BCUT2D eigenvalue weighted by Crippen LogP contribution is 2.16. The molecule has 36 heavy (non-hydrogen) atoms. The Bertz CT molecular complexity index is 1440. The van der Waals surface area contributed by atoms with Gasteiger partial charge in [0.15, 0.2) is 0 Å². The second-order valence-electron chi connectivity index (χ2n) is 8.10. The number of carboxylic acid groups (broad SMARTS) is 1. The van der Waals surface area contributed by atoms with Crippen LogP contribution in [0.1, 0.15) is 21.5 Å². The average molecular weight is 495 g/mol. The van der Waals surface area contributed by atoms with E-state index in [4.69, 9.17) is 16.9 Å². The zero-order valence-corrected chi connectivity index (χ0v) is 19.6. The maximum Gasteiger partial charge on any atom is 0.336 e. The molecule has 13 heteroatoms. The fourth-order valence-electron chi connectivity index (χ4n) is 3.34. The van der Waals surface area contributed by atoms with E-state index >= 15 is 0 Å². The van der Waals surface area contributed by atoms with Crippen LogP contribution < -0.4 is 33.5 Å². The number of aromatic carboxylic acids is 1. The van der Waals surface area contributed by atoms with Gasteiger partial charge >= 0.3 is 11.7 Å². The molecule has 1 amide bonds. The molecule has 0 unspecified atom stereocenters. The molecule has 0 bridgehead atoms. The Kier molecular flexibility index (Phi) is 7.55. The van der Waals surface area contributed by atoms with Crippen molar-refractivity contribution in [2.24, 2.45) is 5.73 Å². The first-order valence-electron chi connectivity index (χ1n) is 10.6. The number of amides is 1. The number of aromatic nitrogens is 2. The quantitative estimate of drug-likeness (QED) is 0.100. The predicted octanol–water partition coefficient (Wildman–Crippen LogP) is -0.231. The lowest BCUT2D eigenvalue weighted by Gasteiger charge is -2.17. The standard InChI is InChI=1S/C23H26N8O5/c1-29(2)28-18-11-30(17-8-15(22(34)35)7-16(24)9-17)23(36)31(21(18)33)12-19(32)27-10-13-3-5-14(6-4-13)20(25)26/h3-9,11,28H,10,12,24H2,1-2H3,(H3,25,26)(H,27,32)(H,34,35). The summed E-state index contributed by atoms with van der Waals surface area (Å²) in [6.45, 7) is -0.465. The van der Waals surface area contributed by atoms with Gasteiger partial charge in [0.2, 0.25) is 5.91 Å². The Morgan fingerprint density at radius 3 is 2.33 bits per heavy atom. The predicted molar refractivity (Wildman–Crippen MR) is 134 cm³/mol. The van der Waals surface area contributed by atoms with Crippen LogP contribution in [0.25, 0.3) is 5.69 Å². The molecule has 188 valence electrons. The minimum absolute atomic E-state index is 0.0217. The monoisotopic (exact) mass is 494 g/mol. The number of hydrogen-bond donors (Lipinski definition) is 6. The minimum Gasteiger partial charge on any atom is -0.478 e. The van der Waals surface area contributed by atoms with E-state index in [0.29, 0.717) is 5.56 Å². The van der Waals surface area contributed by atoms with Gasteiger partial charge in [0, 0.05) is 38.1 Å². The summed E-state index contributed by atoms with van der Waals surface area (Å²) in [4.78, 5) is 50.3. The first-order valence-corrected chi connectivity index (χ1v) is 10.6. The summed E-state index contributed by atoms with van der Waals surface area (Å²) in [5, 5.41) is 20.9. The zero-order valence-electron chi connectivity index (χ0n) is 19.6. The van der Waals surface area contributed by atoms with Crippen LogP contribution in [0.2, 0.25) is 0 Å². The van der Waals surface area contributed by atoms with Crippen molar-refractivity contribution in [1.29, 1.82) is 5.41 Å². The molecule has 0 aliphatic rings.